The van der Waals surface area contributed by atoms with Gasteiger partial charge in [-0.15, -0.1) is 0 Å². The fraction of sp³-hybridized carbons (Fsp3) is 0.917. The van der Waals surface area contributed by atoms with Crippen molar-refractivity contribution in [3.63, 3.8) is 0 Å². The maximum atomic E-state index is 10.6. The molecule has 20 heavy (non-hydrogen) atoms. The van der Waals surface area contributed by atoms with E-state index in [1.807, 2.05) is 0 Å². The van der Waals surface area contributed by atoms with Crippen molar-refractivity contribution in [3.05, 3.63) is 0 Å². The first kappa shape index (κ1) is 15.6. The van der Waals surface area contributed by atoms with E-state index in [4.69, 9.17) is 24.1 Å². The average molecular weight is 292 g/mol. The second kappa shape index (κ2) is 5.92. The van der Waals surface area contributed by atoms with Gasteiger partial charge in [0.2, 0.25) is 0 Å². The zero-order chi connectivity index (χ0) is 14.9. The summed E-state index contributed by atoms with van der Waals surface area (Å²) in [5.41, 5.74) is 0. The summed E-state index contributed by atoms with van der Waals surface area (Å²) < 4.78 is 21.5. The monoisotopic (exact) mass is 292 g/mol. The minimum absolute atomic E-state index is 0.117. The molecule has 2 heterocycles. The van der Waals surface area contributed by atoms with Gasteiger partial charge in [-0.05, 0) is 6.92 Å². The summed E-state index contributed by atoms with van der Waals surface area (Å²) in [6.07, 6.45) is -4.70. The van der Waals surface area contributed by atoms with Crippen LogP contribution in [0.15, 0.2) is 0 Å². The third-order valence-corrected chi connectivity index (χ3v) is 3.60. The Morgan fingerprint density at radius 2 is 2.10 bits per heavy atom. The van der Waals surface area contributed by atoms with Crippen LogP contribution in [0, 0.1) is 0 Å². The van der Waals surface area contributed by atoms with Gasteiger partial charge in [0.25, 0.3) is 0 Å². The summed E-state index contributed by atoms with van der Waals surface area (Å²) in [6.45, 7) is 1.73. The molecule has 2 rings (SSSR count). The molecule has 0 aromatic carbocycles. The lowest BCUT2D eigenvalue weighted by Crippen LogP contribution is -2.65. The van der Waals surface area contributed by atoms with E-state index < -0.39 is 42.5 Å². The maximum absolute atomic E-state index is 10.6. The van der Waals surface area contributed by atoms with E-state index in [9.17, 15) is 15.0 Å². The van der Waals surface area contributed by atoms with Crippen LogP contribution in [0.1, 0.15) is 19.8 Å². The molecule has 0 aromatic heterocycles. The zero-order valence-electron chi connectivity index (χ0n) is 11.4. The van der Waals surface area contributed by atoms with E-state index >= 15 is 0 Å². The molecule has 8 heteroatoms. The quantitative estimate of drug-likeness (QED) is 0.609. The molecule has 0 unspecified atom stereocenters. The van der Waals surface area contributed by atoms with Crippen molar-refractivity contribution in [3.8, 4) is 0 Å². The summed E-state index contributed by atoms with van der Waals surface area (Å²) in [5.74, 6) is -2.08. The SMILES string of the molecule is CO[C@H]1O[C@@H]2CO[C@@](C)(CCC(=O)O)O[C@H]2[C@H](O)[C@H]1O. The van der Waals surface area contributed by atoms with Gasteiger partial charge in [0.05, 0.1) is 13.0 Å². The van der Waals surface area contributed by atoms with Crippen LogP contribution in [0.3, 0.4) is 0 Å². The fourth-order valence-electron chi connectivity index (χ4n) is 2.43. The lowest BCUT2D eigenvalue weighted by atomic mass is 9.96. The van der Waals surface area contributed by atoms with Gasteiger partial charge in [0.1, 0.15) is 24.4 Å². The normalized spacial score (nSPS) is 44.9. The van der Waals surface area contributed by atoms with Crippen LogP contribution in [0.25, 0.3) is 0 Å². The van der Waals surface area contributed by atoms with Crippen molar-refractivity contribution in [1.82, 2.24) is 0 Å². The molecule has 2 saturated heterocycles. The van der Waals surface area contributed by atoms with Crippen LogP contribution in [-0.4, -0.2) is 71.5 Å². The van der Waals surface area contributed by atoms with Crippen molar-refractivity contribution in [2.24, 2.45) is 0 Å². The van der Waals surface area contributed by atoms with Crippen molar-refractivity contribution in [1.29, 1.82) is 0 Å². The average Bonchev–Trinajstić information content (AvgIpc) is 2.41. The van der Waals surface area contributed by atoms with E-state index in [1.54, 1.807) is 6.92 Å². The van der Waals surface area contributed by atoms with E-state index in [0.717, 1.165) is 0 Å². The highest BCUT2D eigenvalue weighted by molar-refractivity contribution is 5.66. The highest BCUT2D eigenvalue weighted by Gasteiger charge is 2.51. The third kappa shape index (κ3) is 3.11. The van der Waals surface area contributed by atoms with Gasteiger partial charge in [-0.25, -0.2) is 0 Å². The van der Waals surface area contributed by atoms with Crippen LogP contribution in [0.5, 0.6) is 0 Å². The van der Waals surface area contributed by atoms with Crippen molar-refractivity contribution < 1.29 is 39.1 Å². The molecule has 6 atom stereocenters. The predicted octanol–water partition coefficient (Wildman–Crippen LogP) is -0.924. The number of aliphatic hydroxyl groups is 2. The number of fused-ring (bicyclic) bond motifs is 1. The van der Waals surface area contributed by atoms with E-state index in [2.05, 4.69) is 0 Å². The van der Waals surface area contributed by atoms with Crippen LogP contribution in [-0.2, 0) is 23.7 Å². The number of hydrogen-bond donors (Lipinski definition) is 3. The van der Waals surface area contributed by atoms with Gasteiger partial charge in [0.15, 0.2) is 12.1 Å². The van der Waals surface area contributed by atoms with E-state index in [0.29, 0.717) is 0 Å². The van der Waals surface area contributed by atoms with Crippen molar-refractivity contribution in [2.75, 3.05) is 13.7 Å². The fourth-order valence-corrected chi connectivity index (χ4v) is 2.43. The molecule has 2 aliphatic heterocycles. The van der Waals surface area contributed by atoms with Crippen molar-refractivity contribution >= 4 is 5.97 Å². The Hall–Kier alpha value is -0.770. The van der Waals surface area contributed by atoms with Crippen LogP contribution in [0.2, 0.25) is 0 Å². The Morgan fingerprint density at radius 1 is 1.40 bits per heavy atom. The Kier molecular flexibility index (Phi) is 4.62. The van der Waals surface area contributed by atoms with Crippen molar-refractivity contribution in [2.45, 2.75) is 56.3 Å². The van der Waals surface area contributed by atoms with Crippen LogP contribution < -0.4 is 0 Å². The Balaban J connectivity index is 2.03. The Bertz CT molecular complexity index is 359. The maximum Gasteiger partial charge on any atom is 0.303 e. The van der Waals surface area contributed by atoms with E-state index in [-0.39, 0.29) is 19.4 Å². The topological polar surface area (TPSA) is 115 Å². The molecule has 0 aromatic rings. The second-order valence-corrected chi connectivity index (χ2v) is 5.18. The molecule has 0 bridgehead atoms. The van der Waals surface area contributed by atoms with Gasteiger partial charge in [0, 0.05) is 13.5 Å². The zero-order valence-corrected chi connectivity index (χ0v) is 11.4. The first-order chi connectivity index (χ1) is 9.36. The molecule has 0 spiro atoms. The highest BCUT2D eigenvalue weighted by atomic mass is 16.8. The summed E-state index contributed by atoms with van der Waals surface area (Å²) >= 11 is 0. The van der Waals surface area contributed by atoms with Gasteiger partial charge >= 0.3 is 5.97 Å². The molecule has 0 aliphatic carbocycles. The number of carboxylic acids is 1. The number of carboxylic acid groups (broad SMARTS) is 1. The number of ether oxygens (including phenoxy) is 4. The van der Waals surface area contributed by atoms with Gasteiger partial charge < -0.3 is 34.3 Å². The molecule has 0 radical (unpaired) electrons. The summed E-state index contributed by atoms with van der Waals surface area (Å²) in [7, 11) is 1.36. The molecule has 2 aliphatic rings. The number of aliphatic hydroxyl groups excluding tert-OH is 2. The molecular weight excluding hydrogens is 272 g/mol. The second-order valence-electron chi connectivity index (χ2n) is 5.18. The van der Waals surface area contributed by atoms with Gasteiger partial charge in [-0.2, -0.15) is 0 Å². The smallest absolute Gasteiger partial charge is 0.303 e. The molecule has 2 fully saturated rings. The number of carbonyl (C=O) groups is 1. The third-order valence-electron chi connectivity index (χ3n) is 3.60. The molecule has 0 amide bonds. The minimum Gasteiger partial charge on any atom is -0.481 e. The molecule has 116 valence electrons. The van der Waals surface area contributed by atoms with Crippen LogP contribution >= 0.6 is 0 Å². The largest absolute Gasteiger partial charge is 0.481 e. The summed E-state index contributed by atoms with van der Waals surface area (Å²) in [4.78, 5) is 10.6. The lowest BCUT2D eigenvalue weighted by molar-refractivity contribution is -0.385. The summed E-state index contributed by atoms with van der Waals surface area (Å²) in [6, 6.07) is 0. The lowest BCUT2D eigenvalue weighted by Gasteiger charge is -2.49. The Labute approximate surface area is 116 Å². The van der Waals surface area contributed by atoms with Crippen LogP contribution in [0.4, 0.5) is 0 Å². The summed E-state index contributed by atoms with van der Waals surface area (Å²) in [5, 5.41) is 28.6. The number of rotatable bonds is 4. The minimum atomic E-state index is -1.23. The standard InChI is InChI=1S/C12H20O8/c1-12(4-3-7(13)14)18-5-6-10(20-12)8(15)9(16)11(17-2)19-6/h6,8-11,15-16H,3-5H2,1-2H3,(H,13,14)/t6-,8-,9-,10-,11+,12-/m1/s1. The van der Waals surface area contributed by atoms with Gasteiger partial charge in [-0.3, -0.25) is 4.79 Å². The first-order valence-corrected chi connectivity index (χ1v) is 6.44. The molecule has 8 nitrogen and oxygen atoms in total. The van der Waals surface area contributed by atoms with Gasteiger partial charge in [-0.1, -0.05) is 0 Å². The number of hydrogen-bond acceptors (Lipinski definition) is 7. The molecule has 3 N–H and O–H groups in total. The number of methoxy groups -OCH3 is 1. The number of aliphatic carboxylic acids is 1. The molecule has 0 saturated carbocycles. The van der Waals surface area contributed by atoms with E-state index in [1.165, 1.54) is 7.11 Å². The highest BCUT2D eigenvalue weighted by Crippen LogP contribution is 2.34. The first-order valence-electron chi connectivity index (χ1n) is 6.44. The molecular formula is C12H20O8. The predicted molar refractivity (Wildman–Crippen MR) is 63.8 cm³/mol. The Morgan fingerprint density at radius 3 is 2.70 bits per heavy atom.